The van der Waals surface area contributed by atoms with Gasteiger partial charge in [0.2, 0.25) is 5.89 Å². The minimum Gasteiger partial charge on any atom is -0.415 e. The van der Waals surface area contributed by atoms with Gasteiger partial charge in [-0.05, 0) is 36.9 Å². The fraction of sp³-hybridized carbons (Fsp3) is 0.391. The van der Waals surface area contributed by atoms with Crippen LogP contribution in [0.3, 0.4) is 0 Å². The maximum Gasteiger partial charge on any atom is 0.314 e. The predicted octanol–water partition coefficient (Wildman–Crippen LogP) is 4.57. The molecule has 3 heterocycles. The molecule has 2 aromatic heterocycles. The number of aromatic nitrogens is 3. The lowest BCUT2D eigenvalue weighted by Gasteiger charge is -2.37. The van der Waals surface area contributed by atoms with Crippen LogP contribution < -0.4 is 4.90 Å². The molecule has 1 aliphatic heterocycles. The van der Waals surface area contributed by atoms with Crippen LogP contribution in [0, 0.1) is 5.82 Å². The lowest BCUT2D eigenvalue weighted by atomic mass is 9.91. The average molecular weight is 477 g/mol. The average Bonchev–Trinajstić information content (AvgIpc) is 3.34. The first kappa shape index (κ1) is 23.8. The zero-order valence-corrected chi connectivity index (χ0v) is 18.4. The molecule has 11 heteroatoms. The highest BCUT2D eigenvalue weighted by Crippen LogP contribution is 2.32. The van der Waals surface area contributed by atoms with E-state index in [4.69, 9.17) is 4.42 Å². The van der Waals surface area contributed by atoms with Crippen molar-refractivity contribution in [2.24, 2.45) is 0 Å². The number of hydrogen-bond donors (Lipinski definition) is 0. The Morgan fingerprint density at radius 2 is 1.97 bits per heavy atom. The molecule has 3 aromatic rings. The molecule has 4 rings (SSSR count). The van der Waals surface area contributed by atoms with Gasteiger partial charge in [-0.25, -0.2) is 8.78 Å². The predicted molar refractivity (Wildman–Crippen MR) is 115 cm³/mol. The summed E-state index contributed by atoms with van der Waals surface area (Å²) in [6.07, 6.45) is -1.48. The lowest BCUT2D eigenvalue weighted by Crippen LogP contribution is -2.52. The molecule has 0 spiro atoms. The molecule has 0 unspecified atom stereocenters. The summed E-state index contributed by atoms with van der Waals surface area (Å²) in [5.41, 5.74) is -1.18. The number of pyridine rings is 1. The van der Waals surface area contributed by atoms with Crippen molar-refractivity contribution in [1.82, 2.24) is 20.1 Å². The second-order valence-corrected chi connectivity index (χ2v) is 8.06. The second-order valence-electron chi connectivity index (χ2n) is 8.06. The number of hydrogen-bond acceptors (Lipinski definition) is 6. The molecule has 0 saturated carbocycles. The van der Waals surface area contributed by atoms with Gasteiger partial charge in [0.05, 0.1) is 17.8 Å². The Hall–Kier alpha value is -3.34. The molecule has 0 atom stereocenters. The van der Waals surface area contributed by atoms with E-state index in [1.165, 1.54) is 47.5 Å². The summed E-state index contributed by atoms with van der Waals surface area (Å²) in [4.78, 5) is 20.9. The van der Waals surface area contributed by atoms with E-state index in [9.17, 15) is 18.0 Å². The molecule has 7 nitrogen and oxygen atoms in total. The summed E-state index contributed by atoms with van der Waals surface area (Å²) in [7, 11) is 0. The Labute approximate surface area is 193 Å². The summed E-state index contributed by atoms with van der Waals surface area (Å²) in [6.45, 7) is 3.54. The summed E-state index contributed by atoms with van der Waals surface area (Å²) in [6, 6.07) is 8.44. The number of nitrogens with zero attached hydrogens (tertiary/aromatic N) is 5. The molecule has 0 aliphatic carbocycles. The third-order valence-electron chi connectivity index (χ3n) is 5.86. The normalized spacial score (nSPS) is 16.1. The first-order valence-electron chi connectivity index (χ1n) is 10.8. The summed E-state index contributed by atoms with van der Waals surface area (Å²) >= 11 is 0. The van der Waals surface area contributed by atoms with Crippen molar-refractivity contribution in [3.8, 4) is 11.5 Å². The molecule has 0 bridgehead atoms. The quantitative estimate of drug-likeness (QED) is 0.465. The first-order chi connectivity index (χ1) is 16.3. The maximum absolute atomic E-state index is 15.7. The molecular formula is C23H23F4N5O2. The van der Waals surface area contributed by atoms with Crippen molar-refractivity contribution in [2.75, 3.05) is 24.5 Å². The Kier molecular flexibility index (Phi) is 6.92. The number of amides is 1. The van der Waals surface area contributed by atoms with Gasteiger partial charge in [0.25, 0.3) is 11.8 Å². The Bertz CT molecular complexity index is 1130. The fourth-order valence-corrected chi connectivity index (χ4v) is 3.85. The van der Waals surface area contributed by atoms with Crippen molar-refractivity contribution in [1.29, 1.82) is 0 Å². The van der Waals surface area contributed by atoms with E-state index in [0.717, 1.165) is 6.54 Å². The van der Waals surface area contributed by atoms with Crippen molar-refractivity contribution in [3.63, 3.8) is 0 Å². The molecular weight excluding hydrogens is 454 g/mol. The lowest BCUT2D eigenvalue weighted by molar-refractivity contribution is -0.133. The molecule has 1 amide bonds. The minimum atomic E-state index is -2.89. The Balaban J connectivity index is 1.58. The number of rotatable bonds is 7. The van der Waals surface area contributed by atoms with Crippen LogP contribution in [0.4, 0.5) is 23.2 Å². The van der Waals surface area contributed by atoms with Crippen LogP contribution in [0.25, 0.3) is 11.5 Å². The van der Waals surface area contributed by atoms with Crippen LogP contribution >= 0.6 is 0 Å². The highest BCUT2D eigenvalue weighted by molar-refractivity contribution is 5.99. The second kappa shape index (κ2) is 9.88. The van der Waals surface area contributed by atoms with Crippen molar-refractivity contribution >= 4 is 11.6 Å². The summed E-state index contributed by atoms with van der Waals surface area (Å²) < 4.78 is 60.0. The number of piperidine rings is 1. The van der Waals surface area contributed by atoms with Crippen LogP contribution in [-0.4, -0.2) is 51.3 Å². The van der Waals surface area contributed by atoms with Crippen molar-refractivity contribution in [2.45, 2.75) is 38.4 Å². The third kappa shape index (κ3) is 5.09. The van der Waals surface area contributed by atoms with Crippen LogP contribution in [0.1, 0.15) is 37.8 Å². The van der Waals surface area contributed by atoms with E-state index in [1.54, 1.807) is 0 Å². The number of alkyl halides is 3. The topological polar surface area (TPSA) is 75.4 Å². The van der Waals surface area contributed by atoms with E-state index >= 15 is 4.39 Å². The smallest absolute Gasteiger partial charge is 0.314 e. The molecule has 1 fully saturated rings. The van der Waals surface area contributed by atoms with Crippen molar-refractivity contribution < 1.29 is 26.8 Å². The van der Waals surface area contributed by atoms with E-state index in [-0.39, 0.29) is 31.0 Å². The Morgan fingerprint density at radius 1 is 1.21 bits per heavy atom. The standard InChI is InChI=1S/C23H23F4N5O2/c1-2-31-10-8-23(27,9-11-31)22(33)32(18-5-3-4-16(24)12-18)14-17-7-6-15(13-28-17)20-29-30-21(34-20)19(25)26/h3-7,12-13,19H,2,8-11,14H2,1H3. The van der Waals surface area contributed by atoms with Crippen LogP contribution in [0.15, 0.2) is 47.0 Å². The van der Waals surface area contributed by atoms with Gasteiger partial charge < -0.3 is 14.2 Å². The van der Waals surface area contributed by atoms with Gasteiger partial charge in [0, 0.05) is 37.8 Å². The monoisotopic (exact) mass is 477 g/mol. The molecule has 1 aromatic carbocycles. The van der Waals surface area contributed by atoms with Gasteiger partial charge in [-0.3, -0.25) is 9.78 Å². The molecule has 1 aliphatic rings. The maximum atomic E-state index is 15.7. The number of anilines is 1. The number of likely N-dealkylation sites (tertiary alicyclic amines) is 1. The minimum absolute atomic E-state index is 0.0431. The Morgan fingerprint density at radius 3 is 2.56 bits per heavy atom. The van der Waals surface area contributed by atoms with Gasteiger partial charge in [-0.15, -0.1) is 10.2 Å². The van der Waals surface area contributed by atoms with Gasteiger partial charge in [-0.1, -0.05) is 13.0 Å². The van der Waals surface area contributed by atoms with E-state index in [0.29, 0.717) is 24.3 Å². The van der Waals surface area contributed by atoms with E-state index < -0.39 is 29.7 Å². The highest BCUT2D eigenvalue weighted by atomic mass is 19.3. The summed E-state index contributed by atoms with van der Waals surface area (Å²) in [5, 5.41) is 6.85. The van der Waals surface area contributed by atoms with Crippen LogP contribution in [-0.2, 0) is 11.3 Å². The highest BCUT2D eigenvalue weighted by Gasteiger charge is 2.44. The van der Waals surface area contributed by atoms with Crippen LogP contribution in [0.2, 0.25) is 0 Å². The fourth-order valence-electron chi connectivity index (χ4n) is 3.85. The molecule has 0 radical (unpaired) electrons. The molecule has 0 N–H and O–H groups in total. The van der Waals surface area contributed by atoms with Gasteiger partial charge in [-0.2, -0.15) is 8.78 Å². The van der Waals surface area contributed by atoms with Gasteiger partial charge in [0.1, 0.15) is 5.82 Å². The SMILES string of the molecule is CCN1CCC(F)(C(=O)N(Cc2ccc(-c3nnc(C(F)F)o3)cn2)c2cccc(F)c2)CC1. The molecule has 34 heavy (non-hydrogen) atoms. The van der Waals surface area contributed by atoms with Gasteiger partial charge in [0.15, 0.2) is 5.67 Å². The number of carbonyl (C=O) groups is 1. The number of benzene rings is 1. The molecule has 1 saturated heterocycles. The molecule has 180 valence electrons. The number of halogens is 4. The van der Waals surface area contributed by atoms with E-state index in [2.05, 4.69) is 20.1 Å². The summed E-state index contributed by atoms with van der Waals surface area (Å²) in [5.74, 6) is -2.24. The van der Waals surface area contributed by atoms with Crippen LogP contribution in [0.5, 0.6) is 0 Å². The van der Waals surface area contributed by atoms with Gasteiger partial charge >= 0.3 is 6.43 Å². The third-order valence-corrected chi connectivity index (χ3v) is 5.86. The number of carbonyl (C=O) groups excluding carboxylic acids is 1. The zero-order valence-electron chi connectivity index (χ0n) is 18.4. The van der Waals surface area contributed by atoms with E-state index in [1.807, 2.05) is 6.92 Å². The zero-order chi connectivity index (χ0) is 24.3. The largest absolute Gasteiger partial charge is 0.415 e. The first-order valence-corrected chi connectivity index (χ1v) is 10.8. The van der Waals surface area contributed by atoms with Crippen molar-refractivity contribution in [3.05, 3.63) is 60.0 Å².